The second-order valence-electron chi connectivity index (χ2n) is 7.97. The van der Waals surface area contributed by atoms with E-state index in [1.165, 1.54) is 0 Å². The van der Waals surface area contributed by atoms with Crippen molar-refractivity contribution < 1.29 is 24.9 Å². The summed E-state index contributed by atoms with van der Waals surface area (Å²) in [7, 11) is 0. The van der Waals surface area contributed by atoms with E-state index in [0.717, 1.165) is 21.8 Å². The molecule has 5 rings (SSSR count). The molecule has 5 aromatic heterocycles. The molecule has 0 fully saturated rings. The largest absolute Gasteiger partial charge is 0.479 e. The molecule has 0 unspecified atom stereocenters. The van der Waals surface area contributed by atoms with Gasteiger partial charge in [-0.15, -0.1) is 20.5 Å². The molecule has 0 saturated heterocycles. The molecular formula is C19H17N17O5. The number of hydrogen-bond donors (Lipinski definition) is 7. The Bertz CT molecular complexity index is 1750. The lowest BCUT2D eigenvalue weighted by atomic mass is 10.3. The number of aromatic carboxylic acids is 2. The molecule has 5 aromatic rings. The summed E-state index contributed by atoms with van der Waals surface area (Å²) in [6.07, 6.45) is 2.15. The minimum Gasteiger partial charge on any atom is -0.479 e. The Morgan fingerprint density at radius 1 is 0.756 bits per heavy atom. The van der Waals surface area contributed by atoms with Crippen LogP contribution in [0.1, 0.15) is 32.1 Å². The molecule has 0 bridgehead atoms. The number of hydrogen-bond acceptors (Lipinski definition) is 16. The second-order valence-corrected chi connectivity index (χ2v) is 7.97. The molecule has 208 valence electrons. The monoisotopic (exact) mass is 563 g/mol. The van der Waals surface area contributed by atoms with Gasteiger partial charge < -0.3 is 26.8 Å². The zero-order valence-corrected chi connectivity index (χ0v) is 20.8. The van der Waals surface area contributed by atoms with Gasteiger partial charge in [-0.3, -0.25) is 10.2 Å². The first-order valence-electron chi connectivity index (χ1n) is 11.1. The quantitative estimate of drug-likeness (QED) is 0.131. The molecule has 0 aliphatic rings. The van der Waals surface area contributed by atoms with Crippen LogP contribution < -0.4 is 11.5 Å². The number of rotatable bonds is 8. The van der Waals surface area contributed by atoms with Crippen LogP contribution in [0.2, 0.25) is 0 Å². The molecule has 0 radical (unpaired) electrons. The van der Waals surface area contributed by atoms with Crippen molar-refractivity contribution in [1.82, 2.24) is 54.9 Å². The van der Waals surface area contributed by atoms with Gasteiger partial charge in [-0.2, -0.15) is 44.7 Å². The SMILES string of the molecule is Cc1nn(-c2nc(O)nc(-n3nc(C)c(N=Nc4[nH]ncc4C(=O)O)c3N)n2)c(N)c1N=Nc1[nH]ncc1C(=O)O. The number of nitrogen functional groups attached to an aromatic ring is 2. The standard InChI is InChI=1S/C19H17N17O5/c1-5-9(27-31-13-7(15(37)38)3-22-29-13)11(20)35(33-5)17-24-18(26-19(41)25-17)36-12(21)10(6(2)34-36)28-32-14-8(16(39)40)4-23-30-14/h3-4H,20-21H2,1-2H3,(H,22,29)(H,23,30)(H,37,38)(H,39,40)(H,24,25,26,41). The number of nitrogens with one attached hydrogen (secondary N) is 2. The number of nitrogens with zero attached hydrogens (tertiary/aromatic N) is 13. The van der Waals surface area contributed by atoms with Crippen molar-refractivity contribution in [3.05, 3.63) is 34.9 Å². The number of azo groups is 2. The van der Waals surface area contributed by atoms with Gasteiger partial charge in [0.1, 0.15) is 11.1 Å². The van der Waals surface area contributed by atoms with Crippen LogP contribution in [0.4, 0.5) is 34.6 Å². The number of aromatic nitrogens is 11. The smallest absolute Gasteiger partial charge is 0.341 e. The number of carbonyl (C=O) groups is 2. The Morgan fingerprint density at radius 3 is 1.56 bits per heavy atom. The summed E-state index contributed by atoms with van der Waals surface area (Å²) in [6.45, 7) is 3.10. The third kappa shape index (κ3) is 4.73. The molecule has 0 amide bonds. The highest BCUT2D eigenvalue weighted by Gasteiger charge is 2.22. The minimum absolute atomic E-state index is 0.0640. The molecule has 41 heavy (non-hydrogen) atoms. The highest BCUT2D eigenvalue weighted by Crippen LogP contribution is 2.32. The summed E-state index contributed by atoms with van der Waals surface area (Å²) in [5.41, 5.74) is 12.6. The number of aryl methyl sites for hydroxylation is 2. The number of aromatic hydroxyl groups is 1. The minimum atomic E-state index is -1.26. The molecule has 0 spiro atoms. The first-order chi connectivity index (χ1) is 19.5. The number of carboxylic acid groups (broad SMARTS) is 2. The molecule has 22 nitrogen and oxygen atoms in total. The van der Waals surface area contributed by atoms with Crippen LogP contribution in [-0.2, 0) is 0 Å². The van der Waals surface area contributed by atoms with E-state index in [9.17, 15) is 24.9 Å². The molecule has 5 heterocycles. The zero-order chi connectivity index (χ0) is 29.4. The van der Waals surface area contributed by atoms with E-state index in [1.807, 2.05) is 0 Å². The predicted octanol–water partition coefficient (Wildman–Crippen LogP) is 1.40. The normalized spacial score (nSPS) is 11.7. The van der Waals surface area contributed by atoms with Crippen molar-refractivity contribution in [2.24, 2.45) is 20.5 Å². The third-order valence-electron chi connectivity index (χ3n) is 5.31. The molecule has 0 aliphatic heterocycles. The molecular weight excluding hydrogens is 546 g/mol. The van der Waals surface area contributed by atoms with Crippen LogP contribution in [0.3, 0.4) is 0 Å². The van der Waals surface area contributed by atoms with E-state index >= 15 is 0 Å². The van der Waals surface area contributed by atoms with Crippen LogP contribution in [0.25, 0.3) is 11.9 Å². The predicted molar refractivity (Wildman–Crippen MR) is 133 cm³/mol. The lowest BCUT2D eigenvalue weighted by molar-refractivity contribution is 0.0687. The van der Waals surface area contributed by atoms with Gasteiger partial charge >= 0.3 is 17.9 Å². The highest BCUT2D eigenvalue weighted by atomic mass is 16.4. The van der Waals surface area contributed by atoms with Gasteiger partial charge in [0.15, 0.2) is 34.6 Å². The number of aromatic amines is 2. The number of H-pyrrole nitrogens is 2. The molecule has 0 aliphatic carbocycles. The van der Waals surface area contributed by atoms with Gasteiger partial charge in [0.05, 0.1) is 23.8 Å². The van der Waals surface area contributed by atoms with Crippen LogP contribution in [-0.4, -0.2) is 82.2 Å². The Hall–Kier alpha value is -6.61. The summed E-state index contributed by atoms with van der Waals surface area (Å²) in [5, 5.41) is 64.8. The van der Waals surface area contributed by atoms with Crippen LogP contribution in [0.15, 0.2) is 32.9 Å². The van der Waals surface area contributed by atoms with Gasteiger partial charge in [0.2, 0.25) is 0 Å². The lowest BCUT2D eigenvalue weighted by Gasteiger charge is -2.06. The van der Waals surface area contributed by atoms with Gasteiger partial charge in [0.25, 0.3) is 11.9 Å². The average Bonchev–Trinajstić information content (AvgIpc) is 3.69. The highest BCUT2D eigenvalue weighted by molar-refractivity contribution is 5.92. The fraction of sp³-hybridized carbons (Fsp3) is 0.105. The van der Waals surface area contributed by atoms with Crippen LogP contribution in [0, 0.1) is 13.8 Å². The third-order valence-corrected chi connectivity index (χ3v) is 5.31. The fourth-order valence-corrected chi connectivity index (χ4v) is 3.38. The number of anilines is 2. The second kappa shape index (κ2) is 9.93. The maximum Gasteiger partial charge on any atom is 0.341 e. The summed E-state index contributed by atoms with van der Waals surface area (Å²) in [4.78, 5) is 34.5. The number of nitrogens with two attached hydrogens (primary N) is 2. The topological polar surface area (TPSA) is 328 Å². The van der Waals surface area contributed by atoms with E-state index in [4.69, 9.17) is 11.5 Å². The van der Waals surface area contributed by atoms with E-state index in [2.05, 4.69) is 66.0 Å². The van der Waals surface area contributed by atoms with Crippen molar-refractivity contribution in [3.8, 4) is 17.9 Å². The summed E-state index contributed by atoms with van der Waals surface area (Å²) in [5.74, 6) is -3.46. The molecule has 22 heteroatoms. The maximum atomic E-state index is 11.3. The maximum absolute atomic E-state index is 11.3. The summed E-state index contributed by atoms with van der Waals surface area (Å²) < 4.78 is 2.08. The van der Waals surface area contributed by atoms with E-state index < -0.39 is 17.9 Å². The van der Waals surface area contributed by atoms with E-state index in [-0.39, 0.29) is 69.1 Å². The van der Waals surface area contributed by atoms with Gasteiger partial charge in [-0.1, -0.05) is 0 Å². The lowest BCUT2D eigenvalue weighted by Crippen LogP contribution is -2.13. The van der Waals surface area contributed by atoms with E-state index in [1.54, 1.807) is 13.8 Å². The Balaban J connectivity index is 1.50. The first kappa shape index (κ1) is 26.0. The Labute approximate surface area is 225 Å². The first-order valence-corrected chi connectivity index (χ1v) is 11.1. The fourth-order valence-electron chi connectivity index (χ4n) is 3.38. The van der Waals surface area contributed by atoms with Crippen LogP contribution >= 0.6 is 0 Å². The zero-order valence-electron chi connectivity index (χ0n) is 20.8. The van der Waals surface area contributed by atoms with Crippen molar-refractivity contribution >= 4 is 46.6 Å². The molecule has 9 N–H and O–H groups in total. The van der Waals surface area contributed by atoms with Gasteiger partial charge in [-0.25, -0.2) is 9.59 Å². The van der Waals surface area contributed by atoms with Crippen LogP contribution in [0.5, 0.6) is 6.01 Å². The molecule has 0 aromatic carbocycles. The van der Waals surface area contributed by atoms with Crippen molar-refractivity contribution in [3.63, 3.8) is 0 Å². The summed E-state index contributed by atoms with van der Waals surface area (Å²) >= 11 is 0. The molecule has 0 atom stereocenters. The van der Waals surface area contributed by atoms with Gasteiger partial charge in [-0.05, 0) is 13.8 Å². The molecule has 0 saturated carbocycles. The van der Waals surface area contributed by atoms with Crippen molar-refractivity contribution in [2.45, 2.75) is 13.8 Å². The van der Waals surface area contributed by atoms with Crippen molar-refractivity contribution in [2.75, 3.05) is 11.5 Å². The Kier molecular flexibility index (Phi) is 6.30. The summed E-state index contributed by atoms with van der Waals surface area (Å²) in [6, 6.07) is -0.733. The van der Waals surface area contributed by atoms with E-state index in [0.29, 0.717) is 0 Å². The Morgan fingerprint density at radius 2 is 1.17 bits per heavy atom. The van der Waals surface area contributed by atoms with Gasteiger partial charge in [0, 0.05) is 0 Å². The van der Waals surface area contributed by atoms with Crippen molar-refractivity contribution in [1.29, 1.82) is 0 Å². The number of carboxylic acids is 2. The average molecular weight is 563 g/mol.